The van der Waals surface area contributed by atoms with Gasteiger partial charge >= 0.3 is 6.09 Å². The van der Waals surface area contributed by atoms with Crippen LogP contribution in [0.1, 0.15) is 45.0 Å². The number of likely N-dealkylation sites (tertiary alicyclic amines) is 1. The number of rotatable bonds is 8. The number of imidazole rings is 1. The molecular weight excluding hydrogens is 599 g/mol. The molecule has 0 radical (unpaired) electrons. The van der Waals surface area contributed by atoms with E-state index in [-0.39, 0.29) is 29.6 Å². The largest absolute Gasteiger partial charge is 0.444 e. The number of hydrogen-bond donors (Lipinski definition) is 3. The van der Waals surface area contributed by atoms with E-state index in [0.717, 1.165) is 5.69 Å². The summed E-state index contributed by atoms with van der Waals surface area (Å²) >= 11 is 5.96. The third-order valence-electron chi connectivity index (χ3n) is 7.26. The first-order valence-electron chi connectivity index (χ1n) is 14.5. The molecule has 1 aliphatic heterocycles. The number of benzene rings is 2. The molecule has 13 heteroatoms. The lowest BCUT2D eigenvalue weighted by Gasteiger charge is -2.33. The number of hydrogen-bond acceptors (Lipinski definition) is 8. The first-order chi connectivity index (χ1) is 21.5. The first kappa shape index (κ1) is 31.5. The van der Waals surface area contributed by atoms with Gasteiger partial charge in [-0.3, -0.25) is 9.78 Å². The van der Waals surface area contributed by atoms with Gasteiger partial charge in [0.2, 0.25) is 5.91 Å². The molecule has 3 N–H and O–H groups in total. The van der Waals surface area contributed by atoms with Crippen LogP contribution in [0.2, 0.25) is 5.02 Å². The van der Waals surface area contributed by atoms with Crippen molar-refractivity contribution in [2.45, 2.75) is 58.3 Å². The van der Waals surface area contributed by atoms with Crippen molar-refractivity contribution in [1.29, 1.82) is 5.26 Å². The lowest BCUT2D eigenvalue weighted by molar-refractivity contribution is -0.122. The maximum Gasteiger partial charge on any atom is 0.410 e. The number of carbonyl (C=O) groups excluding carboxylic acids is 2. The summed E-state index contributed by atoms with van der Waals surface area (Å²) in [5, 5.41) is 20.0. The maximum absolute atomic E-state index is 13.7. The van der Waals surface area contributed by atoms with Crippen LogP contribution in [-0.2, 0) is 22.6 Å². The topological polar surface area (TPSA) is 137 Å². The molecule has 0 atom stereocenters. The summed E-state index contributed by atoms with van der Waals surface area (Å²) < 4.78 is 20.9. The van der Waals surface area contributed by atoms with Gasteiger partial charge in [-0.1, -0.05) is 11.6 Å². The molecular formula is C32H34ClFN8O3. The van der Waals surface area contributed by atoms with E-state index in [1.54, 1.807) is 27.9 Å². The highest BCUT2D eigenvalue weighted by molar-refractivity contribution is 6.31. The number of fused-ring (bicyclic) bond motifs is 1. The van der Waals surface area contributed by atoms with Crippen molar-refractivity contribution in [3.8, 4) is 6.07 Å². The highest BCUT2D eigenvalue weighted by atomic mass is 35.5. The molecule has 3 heterocycles. The lowest BCUT2D eigenvalue weighted by Crippen LogP contribution is -2.48. The monoisotopic (exact) mass is 632 g/mol. The first-order valence-corrected chi connectivity index (χ1v) is 14.9. The Kier molecular flexibility index (Phi) is 9.39. The molecule has 1 aliphatic rings. The fraction of sp³-hybridized carbons (Fsp3) is 0.344. The van der Waals surface area contributed by atoms with Crippen LogP contribution < -0.4 is 16.0 Å². The Labute approximate surface area is 265 Å². The number of piperidine rings is 1. The molecule has 0 unspecified atom stereocenters. The zero-order valence-electron chi connectivity index (χ0n) is 25.2. The van der Waals surface area contributed by atoms with Crippen molar-refractivity contribution in [2.75, 3.05) is 23.7 Å². The second-order valence-corrected chi connectivity index (χ2v) is 12.2. The van der Waals surface area contributed by atoms with Crippen molar-refractivity contribution >= 4 is 51.6 Å². The number of nitriles is 1. The van der Waals surface area contributed by atoms with Gasteiger partial charge in [-0.05, 0) is 70.0 Å². The molecule has 0 saturated carbocycles. The Balaban J connectivity index is 1.21. The Bertz CT molecular complexity index is 1760. The Morgan fingerprint density at radius 1 is 1.13 bits per heavy atom. The van der Waals surface area contributed by atoms with E-state index in [2.05, 4.69) is 32.0 Å². The van der Waals surface area contributed by atoms with E-state index in [4.69, 9.17) is 16.3 Å². The van der Waals surface area contributed by atoms with Gasteiger partial charge in [-0.15, -0.1) is 0 Å². The molecule has 2 aromatic heterocycles. The fourth-order valence-electron chi connectivity index (χ4n) is 5.03. The number of pyridine rings is 1. The second-order valence-electron chi connectivity index (χ2n) is 11.8. The SMILES string of the molecule is CC(C)(C)OC(=O)N1CCC(NC(=O)Cn2ccnc2CNc2ccc3ncc(C#N)c(Nc4ccc(F)c(Cl)c4)c3c2)CC1. The van der Waals surface area contributed by atoms with E-state index in [1.165, 1.54) is 18.3 Å². The number of ether oxygens (including phenoxy) is 1. The van der Waals surface area contributed by atoms with Crippen LogP contribution in [-0.4, -0.2) is 56.2 Å². The van der Waals surface area contributed by atoms with Crippen molar-refractivity contribution < 1.29 is 18.7 Å². The normalized spacial score (nSPS) is 13.7. The molecule has 1 fully saturated rings. The van der Waals surface area contributed by atoms with Crippen molar-refractivity contribution in [3.05, 3.63) is 77.2 Å². The van der Waals surface area contributed by atoms with Gasteiger partial charge in [-0.2, -0.15) is 5.26 Å². The van der Waals surface area contributed by atoms with Crippen LogP contribution in [0.5, 0.6) is 0 Å². The summed E-state index contributed by atoms with van der Waals surface area (Å²) in [5.74, 6) is -0.0131. The molecule has 4 aromatic rings. The number of amides is 2. The number of carbonyl (C=O) groups is 2. The minimum absolute atomic E-state index is 0.0282. The van der Waals surface area contributed by atoms with Crippen molar-refractivity contribution in [3.63, 3.8) is 0 Å². The number of aromatic nitrogens is 3. The minimum Gasteiger partial charge on any atom is -0.444 e. The van der Waals surface area contributed by atoms with E-state index in [9.17, 15) is 19.2 Å². The van der Waals surface area contributed by atoms with Gasteiger partial charge in [0.05, 0.1) is 28.3 Å². The number of nitrogens with one attached hydrogen (secondary N) is 3. The summed E-state index contributed by atoms with van der Waals surface area (Å²) in [6, 6.07) is 11.9. The van der Waals surface area contributed by atoms with Crippen LogP contribution >= 0.6 is 11.6 Å². The van der Waals surface area contributed by atoms with Gasteiger partial charge in [-0.25, -0.2) is 14.2 Å². The van der Waals surface area contributed by atoms with Crippen LogP contribution in [0.25, 0.3) is 10.9 Å². The molecule has 234 valence electrons. The van der Waals surface area contributed by atoms with Gasteiger partial charge in [0.15, 0.2) is 0 Å². The molecule has 2 aromatic carbocycles. The molecule has 45 heavy (non-hydrogen) atoms. The Morgan fingerprint density at radius 2 is 1.89 bits per heavy atom. The molecule has 0 aliphatic carbocycles. The van der Waals surface area contributed by atoms with Gasteiger partial charge < -0.3 is 30.2 Å². The molecule has 11 nitrogen and oxygen atoms in total. The van der Waals surface area contributed by atoms with Crippen LogP contribution in [0, 0.1) is 17.1 Å². The average Bonchev–Trinajstić information content (AvgIpc) is 3.44. The predicted octanol–water partition coefficient (Wildman–Crippen LogP) is 5.97. The average molecular weight is 633 g/mol. The molecule has 0 spiro atoms. The number of halogens is 2. The quantitative estimate of drug-likeness (QED) is 0.216. The van der Waals surface area contributed by atoms with Gasteiger partial charge in [0, 0.05) is 54.5 Å². The predicted molar refractivity (Wildman–Crippen MR) is 170 cm³/mol. The van der Waals surface area contributed by atoms with Crippen LogP contribution in [0.15, 0.2) is 55.0 Å². The molecule has 5 rings (SSSR count). The third kappa shape index (κ3) is 7.99. The summed E-state index contributed by atoms with van der Waals surface area (Å²) in [6.45, 7) is 6.99. The van der Waals surface area contributed by atoms with Crippen LogP contribution in [0.4, 0.5) is 26.2 Å². The molecule has 1 saturated heterocycles. The molecule has 0 bridgehead atoms. The standard InChI is InChI=1S/C32H34ClFN8O3/c1-32(2,3)45-31(44)41-11-8-21(9-12-41)39-29(43)19-42-13-10-36-28(42)18-37-22-5-7-27-24(14-22)30(20(16-35)17-38-27)40-23-4-6-26(34)25(33)15-23/h4-7,10,13-15,17,21,37H,8-9,11-12,18-19H2,1-3H3,(H,38,40)(H,39,43). The van der Waals surface area contributed by atoms with Gasteiger partial charge in [0.1, 0.15) is 29.9 Å². The van der Waals surface area contributed by atoms with Crippen molar-refractivity contribution in [1.82, 2.24) is 24.8 Å². The van der Waals surface area contributed by atoms with E-state index >= 15 is 0 Å². The highest BCUT2D eigenvalue weighted by Gasteiger charge is 2.27. The zero-order chi connectivity index (χ0) is 32.1. The summed E-state index contributed by atoms with van der Waals surface area (Å²) in [5.41, 5.74) is 2.21. The smallest absolute Gasteiger partial charge is 0.410 e. The highest BCUT2D eigenvalue weighted by Crippen LogP contribution is 2.32. The van der Waals surface area contributed by atoms with Crippen LogP contribution in [0.3, 0.4) is 0 Å². The summed E-state index contributed by atoms with van der Waals surface area (Å²) in [4.78, 5) is 35.7. The van der Waals surface area contributed by atoms with Crippen molar-refractivity contribution in [2.24, 2.45) is 0 Å². The van der Waals surface area contributed by atoms with E-state index < -0.39 is 11.4 Å². The second kappa shape index (κ2) is 13.4. The Hall–Kier alpha value is -4.89. The minimum atomic E-state index is -0.549. The Morgan fingerprint density at radius 3 is 2.60 bits per heavy atom. The van der Waals surface area contributed by atoms with E-state index in [0.29, 0.717) is 66.1 Å². The van der Waals surface area contributed by atoms with E-state index in [1.807, 2.05) is 39.0 Å². The van der Waals surface area contributed by atoms with Gasteiger partial charge in [0.25, 0.3) is 0 Å². The summed E-state index contributed by atoms with van der Waals surface area (Å²) in [6.07, 6.45) is 5.84. The number of nitrogens with zero attached hydrogens (tertiary/aromatic N) is 5. The lowest BCUT2D eigenvalue weighted by atomic mass is 10.1. The maximum atomic E-state index is 13.7. The fourth-order valence-corrected chi connectivity index (χ4v) is 5.21. The summed E-state index contributed by atoms with van der Waals surface area (Å²) in [7, 11) is 0. The number of anilines is 3. The molecule has 2 amide bonds. The zero-order valence-corrected chi connectivity index (χ0v) is 26.0. The third-order valence-corrected chi connectivity index (χ3v) is 7.55.